The number of hydrogen-bond acceptors (Lipinski definition) is 7. The summed E-state index contributed by atoms with van der Waals surface area (Å²) in [5.74, 6) is 0.995. The minimum absolute atomic E-state index is 0.113. The fourth-order valence-corrected chi connectivity index (χ4v) is 2.39. The number of hydroxylamine groups is 2. The average molecular weight is 397 g/mol. The Kier molecular flexibility index (Phi) is 13.2. The van der Waals surface area contributed by atoms with Crippen LogP contribution in [0.5, 0.6) is 11.6 Å². The molecule has 0 radical (unpaired) electrons. The first-order chi connectivity index (χ1) is 13.7. The number of aromatic nitrogens is 1. The minimum Gasteiger partial charge on any atom is -0.493 e. The maximum Gasteiger partial charge on any atom is 0.243 e. The second-order valence-corrected chi connectivity index (χ2v) is 6.11. The molecule has 0 aliphatic heterocycles. The smallest absolute Gasteiger partial charge is 0.243 e. The Labute approximate surface area is 166 Å². The molecule has 0 spiro atoms. The molecule has 1 aromatic rings. The molecule has 2 amide bonds. The highest BCUT2D eigenvalue weighted by molar-refractivity contribution is 5.74. The van der Waals surface area contributed by atoms with Gasteiger partial charge in [-0.15, -0.1) is 0 Å². The van der Waals surface area contributed by atoms with E-state index in [-0.39, 0.29) is 11.8 Å². The van der Waals surface area contributed by atoms with Crippen molar-refractivity contribution >= 4 is 11.8 Å². The van der Waals surface area contributed by atoms with Crippen LogP contribution in [0.1, 0.15) is 51.4 Å². The Hall–Kier alpha value is -2.39. The van der Waals surface area contributed by atoms with Crippen LogP contribution in [0.2, 0.25) is 0 Å². The fraction of sp³-hybridized carbons (Fsp3) is 0.632. The lowest BCUT2D eigenvalue weighted by Crippen LogP contribution is -2.21. The Morgan fingerprint density at radius 1 is 0.857 bits per heavy atom. The number of nitrogens with one attached hydrogen (secondary N) is 2. The molecule has 0 saturated heterocycles. The van der Waals surface area contributed by atoms with Crippen LogP contribution in [-0.2, 0) is 19.3 Å². The Bertz CT molecular complexity index is 525. The van der Waals surface area contributed by atoms with Crippen LogP contribution < -0.4 is 20.4 Å². The van der Waals surface area contributed by atoms with Gasteiger partial charge in [-0.3, -0.25) is 19.3 Å². The lowest BCUT2D eigenvalue weighted by molar-refractivity contribution is -0.132. The first kappa shape index (κ1) is 23.6. The van der Waals surface area contributed by atoms with Gasteiger partial charge < -0.3 is 9.47 Å². The second-order valence-electron chi connectivity index (χ2n) is 6.11. The minimum atomic E-state index is -0.117. The lowest BCUT2D eigenvalue weighted by Gasteiger charge is -2.09. The molecule has 0 unspecified atom stereocenters. The average Bonchev–Trinajstić information content (AvgIpc) is 2.68. The Morgan fingerprint density at radius 2 is 1.43 bits per heavy atom. The zero-order valence-corrected chi connectivity index (χ0v) is 16.7. The van der Waals surface area contributed by atoms with Gasteiger partial charge in [0.25, 0.3) is 0 Å². The molecule has 0 aromatic carbocycles. The van der Waals surface area contributed by atoms with E-state index in [2.05, 4.69) is 25.6 Å². The van der Waals surface area contributed by atoms with Gasteiger partial charge in [0.2, 0.25) is 17.7 Å². The van der Waals surface area contributed by atoms with Crippen LogP contribution in [0, 0.1) is 0 Å². The van der Waals surface area contributed by atoms with E-state index in [1.54, 1.807) is 18.3 Å². The highest BCUT2D eigenvalue weighted by atomic mass is 16.6. The molecule has 1 aromatic heterocycles. The van der Waals surface area contributed by atoms with Crippen LogP contribution >= 0.6 is 0 Å². The summed E-state index contributed by atoms with van der Waals surface area (Å²) in [7, 11) is 2.84. The van der Waals surface area contributed by atoms with Gasteiger partial charge in [-0.2, -0.15) is 0 Å². The van der Waals surface area contributed by atoms with E-state index in [0.29, 0.717) is 37.7 Å². The van der Waals surface area contributed by atoms with Crippen molar-refractivity contribution in [2.24, 2.45) is 0 Å². The SMILES string of the molecule is CONC(=O)CCCCCOc1ccnc(OCCCCCC(=O)NOC)c1. The summed E-state index contributed by atoms with van der Waals surface area (Å²) in [4.78, 5) is 35.7. The highest BCUT2D eigenvalue weighted by Crippen LogP contribution is 2.17. The third kappa shape index (κ3) is 12.1. The Balaban J connectivity index is 2.10. The van der Waals surface area contributed by atoms with Crippen LogP contribution in [0.3, 0.4) is 0 Å². The van der Waals surface area contributed by atoms with Crippen molar-refractivity contribution in [1.82, 2.24) is 15.9 Å². The van der Waals surface area contributed by atoms with E-state index in [4.69, 9.17) is 9.47 Å². The van der Waals surface area contributed by atoms with Crippen LogP contribution in [0.15, 0.2) is 18.3 Å². The summed E-state index contributed by atoms with van der Waals surface area (Å²) in [5, 5.41) is 0. The summed E-state index contributed by atoms with van der Waals surface area (Å²) >= 11 is 0. The van der Waals surface area contributed by atoms with Crippen LogP contribution in [0.25, 0.3) is 0 Å². The number of rotatable bonds is 16. The molecule has 0 fully saturated rings. The van der Waals surface area contributed by atoms with Crippen LogP contribution in [-0.4, -0.2) is 44.2 Å². The Morgan fingerprint density at radius 3 is 2.00 bits per heavy atom. The van der Waals surface area contributed by atoms with Crippen molar-refractivity contribution < 1.29 is 28.7 Å². The van der Waals surface area contributed by atoms with Gasteiger partial charge in [0.1, 0.15) is 5.75 Å². The molecule has 0 saturated carbocycles. The molecule has 28 heavy (non-hydrogen) atoms. The quantitative estimate of drug-likeness (QED) is 0.325. The van der Waals surface area contributed by atoms with Gasteiger partial charge in [-0.1, -0.05) is 0 Å². The standard InChI is InChI=1S/C19H31N3O6/c1-25-21-17(23)9-5-3-7-13-27-16-11-12-20-19(15-16)28-14-8-4-6-10-18(24)22-26-2/h11-12,15H,3-10,13-14H2,1-2H3,(H,21,23)(H,22,24). The molecule has 0 bridgehead atoms. The molecule has 9 heteroatoms. The van der Waals surface area contributed by atoms with Gasteiger partial charge in [0.05, 0.1) is 27.4 Å². The van der Waals surface area contributed by atoms with E-state index in [1.165, 1.54) is 14.2 Å². The van der Waals surface area contributed by atoms with Crippen molar-refractivity contribution in [3.05, 3.63) is 18.3 Å². The summed E-state index contributed by atoms with van der Waals surface area (Å²) in [6.45, 7) is 1.10. The zero-order valence-electron chi connectivity index (χ0n) is 16.7. The maximum atomic E-state index is 11.2. The van der Waals surface area contributed by atoms with E-state index in [9.17, 15) is 9.59 Å². The predicted octanol–water partition coefficient (Wildman–Crippen LogP) is 2.32. The summed E-state index contributed by atoms with van der Waals surface area (Å²) in [6, 6.07) is 3.55. The molecular formula is C19H31N3O6. The van der Waals surface area contributed by atoms with Crippen molar-refractivity contribution in [2.45, 2.75) is 51.4 Å². The van der Waals surface area contributed by atoms with Gasteiger partial charge in [-0.25, -0.2) is 15.9 Å². The van der Waals surface area contributed by atoms with E-state index < -0.39 is 0 Å². The molecule has 0 aliphatic rings. The number of carbonyl (C=O) groups is 2. The van der Waals surface area contributed by atoms with Crippen molar-refractivity contribution in [2.75, 3.05) is 27.4 Å². The molecule has 158 valence electrons. The van der Waals surface area contributed by atoms with E-state index >= 15 is 0 Å². The number of pyridine rings is 1. The number of hydrogen-bond donors (Lipinski definition) is 2. The molecule has 1 rings (SSSR count). The molecule has 1 heterocycles. The third-order valence-corrected chi connectivity index (χ3v) is 3.75. The summed E-state index contributed by atoms with van der Waals surface area (Å²) < 4.78 is 11.3. The summed E-state index contributed by atoms with van der Waals surface area (Å²) in [6.07, 6.45) is 7.57. The van der Waals surface area contributed by atoms with Gasteiger partial charge in [0, 0.05) is 25.1 Å². The van der Waals surface area contributed by atoms with Crippen LogP contribution in [0.4, 0.5) is 0 Å². The molecule has 9 nitrogen and oxygen atoms in total. The van der Waals surface area contributed by atoms with Crippen molar-refractivity contribution in [3.8, 4) is 11.6 Å². The lowest BCUT2D eigenvalue weighted by atomic mass is 10.2. The number of nitrogens with zero attached hydrogens (tertiary/aromatic N) is 1. The predicted molar refractivity (Wildman–Crippen MR) is 102 cm³/mol. The summed E-state index contributed by atoms with van der Waals surface area (Å²) in [5.41, 5.74) is 4.58. The topological polar surface area (TPSA) is 108 Å². The number of amides is 2. The first-order valence-corrected chi connectivity index (χ1v) is 9.51. The monoisotopic (exact) mass is 397 g/mol. The zero-order chi connectivity index (χ0) is 20.5. The van der Waals surface area contributed by atoms with Gasteiger partial charge >= 0.3 is 0 Å². The van der Waals surface area contributed by atoms with E-state index in [0.717, 1.165) is 38.5 Å². The molecule has 0 aliphatic carbocycles. The number of carbonyl (C=O) groups excluding carboxylic acids is 2. The second kappa shape index (κ2) is 15.6. The van der Waals surface area contributed by atoms with Crippen molar-refractivity contribution in [3.63, 3.8) is 0 Å². The fourth-order valence-electron chi connectivity index (χ4n) is 2.39. The number of unbranched alkanes of at least 4 members (excludes halogenated alkanes) is 4. The maximum absolute atomic E-state index is 11.2. The van der Waals surface area contributed by atoms with Crippen molar-refractivity contribution in [1.29, 1.82) is 0 Å². The van der Waals surface area contributed by atoms with Gasteiger partial charge in [-0.05, 0) is 44.6 Å². The molecule has 2 N–H and O–H groups in total. The number of ether oxygens (including phenoxy) is 2. The molecular weight excluding hydrogens is 366 g/mol. The van der Waals surface area contributed by atoms with Gasteiger partial charge in [0.15, 0.2) is 0 Å². The largest absolute Gasteiger partial charge is 0.493 e. The normalized spacial score (nSPS) is 10.4. The molecule has 0 atom stereocenters. The van der Waals surface area contributed by atoms with E-state index in [1.807, 2.05) is 0 Å². The first-order valence-electron chi connectivity index (χ1n) is 9.51. The highest BCUT2D eigenvalue weighted by Gasteiger charge is 2.03. The third-order valence-electron chi connectivity index (χ3n) is 3.75.